The first-order valence-corrected chi connectivity index (χ1v) is 9.48. The maximum Gasteiger partial charge on any atom is 0.265 e. The molecule has 3 heterocycles. The highest BCUT2D eigenvalue weighted by Crippen LogP contribution is 2.32. The van der Waals surface area contributed by atoms with Gasteiger partial charge in [-0.05, 0) is 12.1 Å². The Hall–Kier alpha value is -4.25. The summed E-state index contributed by atoms with van der Waals surface area (Å²) in [6.07, 6.45) is 12.4. The van der Waals surface area contributed by atoms with Crippen molar-refractivity contribution in [1.29, 1.82) is 0 Å². The van der Waals surface area contributed by atoms with Gasteiger partial charge in [0.05, 0.1) is 38.2 Å². The van der Waals surface area contributed by atoms with Crippen LogP contribution in [-0.4, -0.2) is 39.9 Å². The Labute approximate surface area is 179 Å². The third-order valence-corrected chi connectivity index (χ3v) is 4.91. The second-order valence-electron chi connectivity index (χ2n) is 6.86. The summed E-state index contributed by atoms with van der Waals surface area (Å²) in [6, 6.07) is 9.15. The van der Waals surface area contributed by atoms with Crippen LogP contribution >= 0.6 is 0 Å². The van der Waals surface area contributed by atoms with E-state index in [1.807, 2.05) is 23.1 Å². The molecule has 0 bridgehead atoms. The Morgan fingerprint density at radius 1 is 1.06 bits per heavy atom. The van der Waals surface area contributed by atoms with Crippen molar-refractivity contribution in [3.63, 3.8) is 0 Å². The molecule has 8 heteroatoms. The van der Waals surface area contributed by atoms with Crippen LogP contribution in [0.1, 0.15) is 0 Å². The minimum absolute atomic E-state index is 0.191. The first kappa shape index (κ1) is 20.0. The number of anilines is 2. The fraction of sp³-hybridized carbons (Fsp3) is 0.174. The Bertz CT molecular complexity index is 1330. The molecule has 8 nitrogen and oxygen atoms in total. The summed E-state index contributed by atoms with van der Waals surface area (Å²) in [5.41, 5.74) is 3.02. The van der Waals surface area contributed by atoms with Crippen LogP contribution in [0.4, 0.5) is 11.4 Å². The van der Waals surface area contributed by atoms with E-state index in [1.165, 1.54) is 4.40 Å². The van der Waals surface area contributed by atoms with Crippen LogP contribution in [0.25, 0.3) is 16.8 Å². The number of hydrogen-bond acceptors (Lipinski definition) is 6. The van der Waals surface area contributed by atoms with Gasteiger partial charge in [0.15, 0.2) is 0 Å². The molecule has 3 aromatic heterocycles. The lowest BCUT2D eigenvalue weighted by atomic mass is 10.2. The molecule has 0 saturated heterocycles. The van der Waals surface area contributed by atoms with Crippen molar-refractivity contribution < 1.29 is 9.47 Å². The number of hydrogen-bond donors (Lipinski definition) is 0. The van der Waals surface area contributed by atoms with Crippen LogP contribution in [0.3, 0.4) is 0 Å². The normalized spacial score (nSPS) is 10.6. The summed E-state index contributed by atoms with van der Waals surface area (Å²) in [5, 5.41) is 4.14. The van der Waals surface area contributed by atoms with Crippen molar-refractivity contribution in [2.75, 3.05) is 25.7 Å². The van der Waals surface area contributed by atoms with Gasteiger partial charge in [0.2, 0.25) is 0 Å². The van der Waals surface area contributed by atoms with Gasteiger partial charge in [-0.25, -0.2) is 4.98 Å². The monoisotopic (exact) mass is 415 g/mol. The zero-order chi connectivity index (χ0) is 22.0. The van der Waals surface area contributed by atoms with Crippen LogP contribution in [-0.2, 0) is 7.05 Å². The second kappa shape index (κ2) is 8.24. The van der Waals surface area contributed by atoms with Gasteiger partial charge in [0.25, 0.3) is 5.56 Å². The number of pyridine rings is 1. The van der Waals surface area contributed by atoms with Gasteiger partial charge in [-0.1, -0.05) is 5.92 Å². The number of terminal acetylenes is 1. The summed E-state index contributed by atoms with van der Waals surface area (Å²) in [6.45, 7) is 0.284. The smallest absolute Gasteiger partial charge is 0.265 e. The second-order valence-corrected chi connectivity index (χ2v) is 6.86. The Balaban J connectivity index is 1.86. The molecule has 0 saturated carbocycles. The number of fused-ring (bicyclic) bond motifs is 1. The number of methoxy groups -OCH3 is 2. The lowest BCUT2D eigenvalue weighted by Crippen LogP contribution is -2.21. The van der Waals surface area contributed by atoms with Gasteiger partial charge in [0.1, 0.15) is 17.1 Å². The number of aromatic nitrogens is 4. The molecule has 31 heavy (non-hydrogen) atoms. The summed E-state index contributed by atoms with van der Waals surface area (Å²) in [4.78, 5) is 19.5. The third kappa shape index (κ3) is 3.81. The zero-order valence-corrected chi connectivity index (χ0v) is 17.4. The van der Waals surface area contributed by atoms with Crippen LogP contribution in [0.2, 0.25) is 0 Å². The molecule has 0 aliphatic heterocycles. The van der Waals surface area contributed by atoms with Crippen molar-refractivity contribution in [2.24, 2.45) is 7.05 Å². The predicted molar refractivity (Wildman–Crippen MR) is 119 cm³/mol. The van der Waals surface area contributed by atoms with Gasteiger partial charge in [-0.2, -0.15) is 5.10 Å². The largest absolute Gasteiger partial charge is 0.497 e. The molecule has 156 valence electrons. The maximum atomic E-state index is 13.2. The lowest BCUT2D eigenvalue weighted by Gasteiger charge is -2.24. The first-order chi connectivity index (χ1) is 15.0. The molecule has 0 amide bonds. The molecule has 0 atom stereocenters. The third-order valence-electron chi connectivity index (χ3n) is 4.91. The minimum Gasteiger partial charge on any atom is -0.497 e. The quantitative estimate of drug-likeness (QED) is 0.451. The molecule has 0 aliphatic carbocycles. The van der Waals surface area contributed by atoms with Gasteiger partial charge in [-0.15, -0.1) is 6.42 Å². The van der Waals surface area contributed by atoms with Gasteiger partial charge in [-0.3, -0.25) is 13.9 Å². The van der Waals surface area contributed by atoms with Crippen molar-refractivity contribution in [1.82, 2.24) is 19.2 Å². The molecule has 4 aromatic rings. The average molecular weight is 415 g/mol. The highest BCUT2D eigenvalue weighted by Gasteiger charge is 2.15. The number of benzene rings is 1. The Morgan fingerprint density at radius 2 is 1.81 bits per heavy atom. The van der Waals surface area contributed by atoms with Crippen molar-refractivity contribution in [2.45, 2.75) is 0 Å². The number of rotatable bonds is 6. The van der Waals surface area contributed by atoms with E-state index in [2.05, 4.69) is 16.0 Å². The highest BCUT2D eigenvalue weighted by molar-refractivity contribution is 5.69. The number of ether oxygens (including phenoxy) is 2. The molecule has 1 aromatic carbocycles. The fourth-order valence-corrected chi connectivity index (χ4v) is 3.35. The minimum atomic E-state index is -0.191. The van der Waals surface area contributed by atoms with E-state index in [0.717, 1.165) is 11.4 Å². The van der Waals surface area contributed by atoms with E-state index in [1.54, 1.807) is 62.9 Å². The standard InChI is InChI=1S/C23H21N5O3/c1-5-8-27(18-9-19(30-3)11-20(10-18)31-4)17-6-7-22-24-13-21(23(29)28(22)15-17)16-12-25-26(2)14-16/h1,6-7,9-15H,8H2,2-4H3. The zero-order valence-electron chi connectivity index (χ0n) is 17.4. The predicted octanol–water partition coefficient (Wildman–Crippen LogP) is 2.88. The van der Waals surface area contributed by atoms with Crippen molar-refractivity contribution in [3.05, 3.63) is 65.5 Å². The molecular weight excluding hydrogens is 394 g/mol. The average Bonchev–Trinajstić information content (AvgIpc) is 3.23. The molecule has 0 unspecified atom stereocenters. The number of aryl methyl sites for hydroxylation is 1. The molecule has 4 rings (SSSR count). The molecule has 0 radical (unpaired) electrons. The highest BCUT2D eigenvalue weighted by atomic mass is 16.5. The topological polar surface area (TPSA) is 73.9 Å². The summed E-state index contributed by atoms with van der Waals surface area (Å²) in [7, 11) is 4.98. The van der Waals surface area contributed by atoms with Crippen LogP contribution in [0.15, 0.2) is 59.9 Å². The van der Waals surface area contributed by atoms with E-state index in [-0.39, 0.29) is 12.1 Å². The van der Waals surface area contributed by atoms with Crippen molar-refractivity contribution in [3.8, 4) is 35.0 Å². The van der Waals surface area contributed by atoms with Gasteiger partial charge >= 0.3 is 0 Å². The van der Waals surface area contributed by atoms with Crippen LogP contribution < -0.4 is 19.9 Å². The summed E-state index contributed by atoms with van der Waals surface area (Å²) in [5.74, 6) is 3.94. The van der Waals surface area contributed by atoms with Crippen molar-refractivity contribution >= 4 is 17.0 Å². The van der Waals surface area contributed by atoms with Crippen LogP contribution in [0.5, 0.6) is 11.5 Å². The van der Waals surface area contributed by atoms with Gasteiger partial charge in [0, 0.05) is 55.1 Å². The molecule has 0 N–H and O–H groups in total. The summed E-state index contributed by atoms with van der Waals surface area (Å²) < 4.78 is 13.9. The fourth-order valence-electron chi connectivity index (χ4n) is 3.35. The maximum absolute atomic E-state index is 13.2. The van der Waals surface area contributed by atoms with Gasteiger partial charge < -0.3 is 14.4 Å². The number of nitrogens with zero attached hydrogens (tertiary/aromatic N) is 5. The van der Waals surface area contributed by atoms with Crippen LogP contribution in [0, 0.1) is 12.3 Å². The molecule has 0 spiro atoms. The van der Waals surface area contributed by atoms with E-state index >= 15 is 0 Å². The Kier molecular flexibility index (Phi) is 5.33. The molecule has 0 aliphatic rings. The molecule has 0 fully saturated rings. The Morgan fingerprint density at radius 3 is 2.42 bits per heavy atom. The van der Waals surface area contributed by atoms with E-state index in [4.69, 9.17) is 15.9 Å². The SMILES string of the molecule is C#CCN(c1cc(OC)cc(OC)c1)c1ccc2ncc(-c3cnn(C)c3)c(=O)n2c1. The molecular formula is C23H21N5O3. The van der Waals surface area contributed by atoms with E-state index < -0.39 is 0 Å². The first-order valence-electron chi connectivity index (χ1n) is 9.48. The lowest BCUT2D eigenvalue weighted by molar-refractivity contribution is 0.394. The van der Waals surface area contributed by atoms with E-state index in [0.29, 0.717) is 28.3 Å². The van der Waals surface area contributed by atoms with E-state index in [9.17, 15) is 4.79 Å². The summed E-state index contributed by atoms with van der Waals surface area (Å²) >= 11 is 0.